The molecule has 43 heavy (non-hydrogen) atoms. The Morgan fingerprint density at radius 1 is 0.884 bits per heavy atom. The summed E-state index contributed by atoms with van der Waals surface area (Å²) >= 11 is 0. The number of primary amides is 1. The number of hydrogen-bond donors (Lipinski definition) is 11. The maximum Gasteiger partial charge on any atom is 0.326 e. The fourth-order valence-corrected chi connectivity index (χ4v) is 4.00. The van der Waals surface area contributed by atoms with E-state index in [1.165, 1.54) is 0 Å². The third-order valence-corrected chi connectivity index (χ3v) is 6.24. The van der Waals surface area contributed by atoms with E-state index in [1.54, 1.807) is 20.8 Å². The Morgan fingerprint density at radius 2 is 1.44 bits per heavy atom. The van der Waals surface area contributed by atoms with Crippen molar-refractivity contribution in [3.8, 4) is 11.5 Å². The Labute approximate surface area is 248 Å². The van der Waals surface area contributed by atoms with Gasteiger partial charge < -0.3 is 59.3 Å². The predicted molar refractivity (Wildman–Crippen MR) is 154 cm³/mol. The summed E-state index contributed by atoms with van der Waals surface area (Å²) in [6.07, 6.45) is 0.350. The Bertz CT molecular complexity index is 1190. The first kappa shape index (κ1) is 36.4. The summed E-state index contributed by atoms with van der Waals surface area (Å²) in [4.78, 5) is 67.1. The van der Waals surface area contributed by atoms with Gasteiger partial charge in [0, 0.05) is 0 Å². The van der Waals surface area contributed by atoms with Gasteiger partial charge in [0.1, 0.15) is 29.6 Å². The van der Waals surface area contributed by atoms with Gasteiger partial charge in [-0.3, -0.25) is 19.2 Å². The molecule has 0 saturated heterocycles. The number of nitrogens with zero attached hydrogens (tertiary/aromatic N) is 1. The molecule has 4 atom stereocenters. The number of hydrogen-bond acceptors (Lipinski definition) is 10. The third-order valence-electron chi connectivity index (χ3n) is 6.24. The monoisotopic (exact) mass is 610 g/mol. The molecule has 0 spiro atoms. The van der Waals surface area contributed by atoms with Crippen molar-refractivity contribution in [2.45, 2.75) is 77.2 Å². The number of phenols is 2. The molecule has 4 amide bonds. The minimum absolute atomic E-state index is 0.0972. The molecular formula is C26H42N8O9. The van der Waals surface area contributed by atoms with E-state index in [0.29, 0.717) is 19.4 Å². The number of nitrogens with one attached hydrogen (secondary N) is 3. The topological polar surface area (TPSA) is 319 Å². The molecule has 0 saturated carbocycles. The number of aliphatic hydroxyl groups excluding tert-OH is 1. The zero-order valence-corrected chi connectivity index (χ0v) is 24.3. The van der Waals surface area contributed by atoms with Gasteiger partial charge in [-0.05, 0) is 48.9 Å². The first-order valence-electron chi connectivity index (χ1n) is 13.3. The van der Waals surface area contributed by atoms with E-state index in [2.05, 4.69) is 20.9 Å². The van der Waals surface area contributed by atoms with Gasteiger partial charge >= 0.3 is 5.97 Å². The standard InChI is InChI=1S/C26H42N8O9/c1-26(2,3)20(23(41)31-14(24(42)43)6-4-5-7-27)34-21(39)15(10-18(28)38)32-22(40)19(33-25(29)30)12-8-16(36)13(11-35)17(37)9-12/h8-9,14-15,19-20,35-37H,4-7,10-11,27H2,1-3H3,(H2,28,38)(H,31,41)(H,32,40)(H,34,39)(H,42,43)(H4,29,30,33). The molecule has 0 aromatic heterocycles. The summed E-state index contributed by atoms with van der Waals surface area (Å²) < 4.78 is 0. The number of carboxylic acid groups (broad SMARTS) is 1. The summed E-state index contributed by atoms with van der Waals surface area (Å²) in [6.45, 7) is 4.43. The van der Waals surface area contributed by atoms with Gasteiger partial charge in [0.25, 0.3) is 0 Å². The molecule has 4 unspecified atom stereocenters. The van der Waals surface area contributed by atoms with Crippen molar-refractivity contribution in [2.75, 3.05) is 6.54 Å². The summed E-state index contributed by atoms with van der Waals surface area (Å²) in [6, 6.07) is -3.86. The van der Waals surface area contributed by atoms with Crippen LogP contribution in [0.1, 0.15) is 63.6 Å². The second kappa shape index (κ2) is 16.1. The zero-order chi connectivity index (χ0) is 33.1. The number of carbonyl (C=O) groups is 5. The van der Waals surface area contributed by atoms with Crippen molar-refractivity contribution < 1.29 is 44.4 Å². The van der Waals surface area contributed by atoms with Gasteiger partial charge in [-0.25, -0.2) is 9.79 Å². The number of amides is 4. The molecule has 1 rings (SSSR count). The molecule has 17 heteroatoms. The lowest BCUT2D eigenvalue weighted by molar-refractivity contribution is -0.143. The normalized spacial score (nSPS) is 14.0. The van der Waals surface area contributed by atoms with Crippen molar-refractivity contribution in [2.24, 2.45) is 33.3 Å². The van der Waals surface area contributed by atoms with Crippen LogP contribution in [0, 0.1) is 5.41 Å². The van der Waals surface area contributed by atoms with Crippen LogP contribution >= 0.6 is 0 Å². The quantitative estimate of drug-likeness (QED) is 0.0525. The average Bonchev–Trinajstić information content (AvgIpc) is 2.87. The maximum atomic E-state index is 13.3. The minimum Gasteiger partial charge on any atom is -0.507 e. The molecule has 0 aliphatic heterocycles. The predicted octanol–water partition coefficient (Wildman–Crippen LogP) is -2.51. The number of aromatic hydroxyl groups is 2. The van der Waals surface area contributed by atoms with Crippen molar-refractivity contribution >= 4 is 35.6 Å². The second-order valence-electron chi connectivity index (χ2n) is 10.9. The summed E-state index contributed by atoms with van der Waals surface area (Å²) in [5, 5.41) is 46.3. The highest BCUT2D eigenvalue weighted by atomic mass is 16.4. The second-order valence-corrected chi connectivity index (χ2v) is 10.9. The molecule has 0 aliphatic rings. The number of aliphatic hydroxyl groups is 1. The number of carbonyl (C=O) groups excluding carboxylic acids is 4. The van der Waals surface area contributed by atoms with Crippen molar-refractivity contribution in [3.63, 3.8) is 0 Å². The number of carboxylic acids is 1. The van der Waals surface area contributed by atoms with Gasteiger partial charge in [0.15, 0.2) is 12.0 Å². The SMILES string of the molecule is CC(C)(C)C(NC(=O)C(CC(N)=O)NC(=O)C(N=C(N)N)c1cc(O)c(CO)c(O)c1)C(=O)NC(CCCCN)C(=O)O. The Balaban J connectivity index is 3.33. The van der Waals surface area contributed by atoms with Crippen LogP contribution in [0.5, 0.6) is 11.5 Å². The van der Waals surface area contributed by atoms with E-state index in [1.807, 2.05) is 0 Å². The maximum absolute atomic E-state index is 13.3. The highest BCUT2D eigenvalue weighted by Crippen LogP contribution is 2.33. The van der Waals surface area contributed by atoms with Crippen molar-refractivity contribution in [3.05, 3.63) is 23.3 Å². The average molecular weight is 611 g/mol. The number of aliphatic imine (C=N–C) groups is 1. The molecular weight excluding hydrogens is 568 g/mol. The Morgan fingerprint density at radius 3 is 1.88 bits per heavy atom. The van der Waals surface area contributed by atoms with Crippen LogP contribution in [0.2, 0.25) is 0 Å². The van der Waals surface area contributed by atoms with Gasteiger partial charge in [-0.2, -0.15) is 0 Å². The lowest BCUT2D eigenvalue weighted by atomic mass is 9.85. The van der Waals surface area contributed by atoms with E-state index in [-0.39, 0.29) is 17.5 Å². The largest absolute Gasteiger partial charge is 0.507 e. The van der Waals surface area contributed by atoms with E-state index in [0.717, 1.165) is 12.1 Å². The zero-order valence-electron chi connectivity index (χ0n) is 24.3. The fraction of sp³-hybridized carbons (Fsp3) is 0.538. The van der Waals surface area contributed by atoms with E-state index in [9.17, 15) is 44.4 Å². The number of nitrogens with two attached hydrogens (primary N) is 4. The van der Waals surface area contributed by atoms with Crippen LogP contribution in [-0.4, -0.2) is 80.7 Å². The number of rotatable bonds is 16. The molecule has 0 heterocycles. The van der Waals surface area contributed by atoms with Crippen LogP contribution in [0.15, 0.2) is 17.1 Å². The first-order valence-corrected chi connectivity index (χ1v) is 13.3. The Hall–Kier alpha value is -4.64. The number of aliphatic carboxylic acids is 1. The van der Waals surface area contributed by atoms with E-state index < -0.39 is 89.7 Å². The molecule has 17 nitrogen and oxygen atoms in total. The summed E-state index contributed by atoms with van der Waals surface area (Å²) in [5.74, 6) is -6.90. The molecule has 15 N–H and O–H groups in total. The molecule has 0 radical (unpaired) electrons. The van der Waals surface area contributed by atoms with Crippen molar-refractivity contribution in [1.82, 2.24) is 16.0 Å². The highest BCUT2D eigenvalue weighted by molar-refractivity contribution is 5.97. The smallest absolute Gasteiger partial charge is 0.326 e. The number of guanidine groups is 1. The van der Waals surface area contributed by atoms with Gasteiger partial charge in [-0.1, -0.05) is 20.8 Å². The molecule has 1 aromatic rings. The molecule has 0 bridgehead atoms. The van der Waals surface area contributed by atoms with E-state index >= 15 is 0 Å². The van der Waals surface area contributed by atoms with Crippen LogP contribution in [0.4, 0.5) is 0 Å². The molecule has 240 valence electrons. The van der Waals surface area contributed by atoms with E-state index in [4.69, 9.17) is 22.9 Å². The van der Waals surface area contributed by atoms with Crippen LogP contribution < -0.4 is 38.9 Å². The van der Waals surface area contributed by atoms with Gasteiger partial charge in [0.05, 0.1) is 18.6 Å². The van der Waals surface area contributed by atoms with Gasteiger partial charge in [0.2, 0.25) is 23.6 Å². The lowest BCUT2D eigenvalue weighted by Crippen LogP contribution is -2.60. The number of unbranched alkanes of at least 4 members (excludes halogenated alkanes) is 1. The minimum atomic E-state index is -1.65. The lowest BCUT2D eigenvalue weighted by Gasteiger charge is -2.32. The fourth-order valence-electron chi connectivity index (χ4n) is 4.00. The van der Waals surface area contributed by atoms with Crippen molar-refractivity contribution in [1.29, 1.82) is 0 Å². The molecule has 0 fully saturated rings. The Kier molecular flexibility index (Phi) is 13.6. The van der Waals surface area contributed by atoms with Crippen LogP contribution in [-0.2, 0) is 30.6 Å². The highest BCUT2D eigenvalue weighted by Gasteiger charge is 2.37. The third kappa shape index (κ3) is 11.3. The van der Waals surface area contributed by atoms with Crippen LogP contribution in [0.25, 0.3) is 0 Å². The first-order chi connectivity index (χ1) is 19.9. The van der Waals surface area contributed by atoms with Gasteiger partial charge in [-0.15, -0.1) is 0 Å². The van der Waals surface area contributed by atoms with Crippen LogP contribution in [0.3, 0.4) is 0 Å². The summed E-state index contributed by atoms with van der Waals surface area (Å²) in [7, 11) is 0. The summed E-state index contributed by atoms with van der Waals surface area (Å²) in [5.41, 5.74) is 20.3. The molecule has 0 aliphatic carbocycles. The molecule has 1 aromatic carbocycles. The number of benzene rings is 1.